The fraction of sp³-hybridized carbons (Fsp3) is 0.316. The van der Waals surface area contributed by atoms with Crippen molar-refractivity contribution in [1.82, 2.24) is 9.62 Å². The zero-order valence-electron chi connectivity index (χ0n) is 15.6. The zero-order valence-corrected chi connectivity index (χ0v) is 16.5. The molecule has 1 N–H and O–H groups in total. The molecule has 0 saturated heterocycles. The summed E-state index contributed by atoms with van der Waals surface area (Å²) in [7, 11) is -0.442. The van der Waals surface area contributed by atoms with Crippen molar-refractivity contribution in [1.29, 1.82) is 0 Å². The third kappa shape index (κ3) is 6.26. The standard InChI is InChI=1S/C19H24N2O5S/c1-25-17-10-9-16(11-18(17)26-2)12-20-19(22)14-21(27(3,23)24)13-15-7-5-4-6-8-15/h4-11H,12-14H2,1-3H3,(H,20,22). The summed E-state index contributed by atoms with van der Waals surface area (Å²) in [6.07, 6.45) is 1.09. The molecule has 0 aliphatic carbocycles. The van der Waals surface area contributed by atoms with E-state index in [1.807, 2.05) is 30.3 Å². The van der Waals surface area contributed by atoms with Crippen LogP contribution in [0.2, 0.25) is 0 Å². The maximum absolute atomic E-state index is 12.3. The van der Waals surface area contributed by atoms with Gasteiger partial charge in [-0.3, -0.25) is 4.79 Å². The molecule has 2 rings (SSSR count). The van der Waals surface area contributed by atoms with E-state index >= 15 is 0 Å². The number of sulfonamides is 1. The van der Waals surface area contributed by atoms with Crippen molar-refractivity contribution in [2.45, 2.75) is 13.1 Å². The van der Waals surface area contributed by atoms with Crippen LogP contribution in [0.1, 0.15) is 11.1 Å². The van der Waals surface area contributed by atoms with E-state index in [-0.39, 0.29) is 25.5 Å². The van der Waals surface area contributed by atoms with Crippen LogP contribution in [0.5, 0.6) is 11.5 Å². The van der Waals surface area contributed by atoms with E-state index in [0.717, 1.165) is 21.7 Å². The van der Waals surface area contributed by atoms with E-state index < -0.39 is 10.0 Å². The highest BCUT2D eigenvalue weighted by Gasteiger charge is 2.20. The average Bonchev–Trinajstić information content (AvgIpc) is 2.65. The van der Waals surface area contributed by atoms with Gasteiger partial charge in [0, 0.05) is 13.1 Å². The quantitative estimate of drug-likeness (QED) is 0.703. The molecule has 0 spiro atoms. The van der Waals surface area contributed by atoms with Gasteiger partial charge >= 0.3 is 0 Å². The van der Waals surface area contributed by atoms with Gasteiger partial charge < -0.3 is 14.8 Å². The van der Waals surface area contributed by atoms with Crippen LogP contribution < -0.4 is 14.8 Å². The molecule has 0 unspecified atom stereocenters. The van der Waals surface area contributed by atoms with Gasteiger partial charge in [-0.05, 0) is 23.3 Å². The van der Waals surface area contributed by atoms with E-state index in [9.17, 15) is 13.2 Å². The van der Waals surface area contributed by atoms with Crippen LogP contribution in [0.25, 0.3) is 0 Å². The van der Waals surface area contributed by atoms with E-state index in [4.69, 9.17) is 9.47 Å². The van der Waals surface area contributed by atoms with Crippen LogP contribution in [0.4, 0.5) is 0 Å². The van der Waals surface area contributed by atoms with Gasteiger partial charge in [-0.25, -0.2) is 8.42 Å². The van der Waals surface area contributed by atoms with Crippen LogP contribution in [0.3, 0.4) is 0 Å². The summed E-state index contributed by atoms with van der Waals surface area (Å²) in [6, 6.07) is 14.5. The number of amides is 1. The number of benzene rings is 2. The summed E-state index contributed by atoms with van der Waals surface area (Å²) in [5.41, 5.74) is 1.63. The Morgan fingerprint density at radius 1 is 1.00 bits per heavy atom. The Balaban J connectivity index is 1.99. The van der Waals surface area contributed by atoms with Crippen LogP contribution in [-0.2, 0) is 27.9 Å². The Morgan fingerprint density at radius 2 is 1.67 bits per heavy atom. The topological polar surface area (TPSA) is 84.9 Å². The molecule has 2 aromatic rings. The molecule has 0 fully saturated rings. The normalized spacial score (nSPS) is 11.3. The molecule has 0 atom stereocenters. The number of methoxy groups -OCH3 is 2. The first kappa shape index (κ1) is 20.7. The number of hydrogen-bond acceptors (Lipinski definition) is 5. The molecule has 0 aliphatic rings. The Morgan fingerprint density at radius 3 is 2.26 bits per heavy atom. The lowest BCUT2D eigenvalue weighted by atomic mass is 10.2. The van der Waals surface area contributed by atoms with Crippen molar-refractivity contribution < 1.29 is 22.7 Å². The molecule has 27 heavy (non-hydrogen) atoms. The molecular formula is C19H24N2O5S. The van der Waals surface area contributed by atoms with Crippen molar-refractivity contribution in [3.8, 4) is 11.5 Å². The van der Waals surface area contributed by atoms with Crippen molar-refractivity contribution >= 4 is 15.9 Å². The largest absolute Gasteiger partial charge is 0.493 e. The van der Waals surface area contributed by atoms with Gasteiger partial charge in [0.1, 0.15) is 0 Å². The highest BCUT2D eigenvalue weighted by atomic mass is 32.2. The molecule has 0 aliphatic heterocycles. The fourth-order valence-electron chi connectivity index (χ4n) is 2.48. The molecule has 2 aromatic carbocycles. The lowest BCUT2D eigenvalue weighted by Crippen LogP contribution is -2.39. The van der Waals surface area contributed by atoms with Gasteiger partial charge in [0.2, 0.25) is 15.9 Å². The first-order valence-electron chi connectivity index (χ1n) is 8.30. The second kappa shape index (κ2) is 9.38. The minimum atomic E-state index is -3.52. The number of ether oxygens (including phenoxy) is 2. The summed E-state index contributed by atoms with van der Waals surface area (Å²) in [5.74, 6) is 0.774. The molecule has 0 bridgehead atoms. The predicted octanol–water partition coefficient (Wildman–Crippen LogP) is 1.78. The minimum Gasteiger partial charge on any atom is -0.493 e. The number of carbonyl (C=O) groups is 1. The third-order valence-corrected chi connectivity index (χ3v) is 5.12. The monoisotopic (exact) mass is 392 g/mol. The first-order valence-corrected chi connectivity index (χ1v) is 10.1. The van der Waals surface area contributed by atoms with Gasteiger partial charge in [-0.1, -0.05) is 36.4 Å². The number of rotatable bonds is 9. The SMILES string of the molecule is COc1ccc(CNC(=O)CN(Cc2ccccc2)S(C)(=O)=O)cc1OC. The lowest BCUT2D eigenvalue weighted by molar-refractivity contribution is -0.121. The highest BCUT2D eigenvalue weighted by Crippen LogP contribution is 2.27. The number of nitrogens with one attached hydrogen (secondary N) is 1. The maximum Gasteiger partial charge on any atom is 0.235 e. The summed E-state index contributed by atoms with van der Waals surface area (Å²) in [5, 5.41) is 2.73. The second-order valence-electron chi connectivity index (χ2n) is 5.98. The van der Waals surface area contributed by atoms with Gasteiger partial charge in [0.25, 0.3) is 0 Å². The summed E-state index contributed by atoms with van der Waals surface area (Å²) in [4.78, 5) is 12.3. The molecule has 146 valence electrons. The van der Waals surface area contributed by atoms with Gasteiger partial charge in [0.15, 0.2) is 11.5 Å². The second-order valence-corrected chi connectivity index (χ2v) is 7.97. The first-order chi connectivity index (χ1) is 12.8. The van der Waals surface area contributed by atoms with Crippen LogP contribution in [0, 0.1) is 0 Å². The molecule has 0 radical (unpaired) electrons. The number of hydrogen-bond donors (Lipinski definition) is 1. The van der Waals surface area contributed by atoms with Gasteiger partial charge in [-0.2, -0.15) is 4.31 Å². The third-order valence-electron chi connectivity index (χ3n) is 3.93. The van der Waals surface area contributed by atoms with Crippen LogP contribution in [0.15, 0.2) is 48.5 Å². The van der Waals surface area contributed by atoms with Crippen LogP contribution in [-0.4, -0.2) is 45.7 Å². The lowest BCUT2D eigenvalue weighted by Gasteiger charge is -2.19. The Bertz CT molecular complexity index is 869. The summed E-state index contributed by atoms with van der Waals surface area (Å²) >= 11 is 0. The Hall–Kier alpha value is -2.58. The van der Waals surface area contributed by atoms with E-state index in [1.165, 1.54) is 7.11 Å². The molecule has 0 saturated carbocycles. The van der Waals surface area contributed by atoms with E-state index in [1.54, 1.807) is 25.3 Å². The molecule has 7 nitrogen and oxygen atoms in total. The minimum absolute atomic E-state index is 0.142. The van der Waals surface area contributed by atoms with E-state index in [2.05, 4.69) is 5.32 Å². The van der Waals surface area contributed by atoms with Crippen molar-refractivity contribution in [3.63, 3.8) is 0 Å². The predicted molar refractivity (Wildman–Crippen MR) is 103 cm³/mol. The molecule has 1 amide bonds. The number of carbonyl (C=O) groups excluding carboxylic acids is 1. The molecule has 0 aromatic heterocycles. The molecule has 8 heteroatoms. The number of nitrogens with zero attached hydrogens (tertiary/aromatic N) is 1. The Labute approximate surface area is 160 Å². The van der Waals surface area contributed by atoms with Gasteiger partial charge in [-0.15, -0.1) is 0 Å². The summed E-state index contributed by atoms with van der Waals surface area (Å²) in [6.45, 7) is 0.145. The van der Waals surface area contributed by atoms with Crippen molar-refractivity contribution in [2.75, 3.05) is 27.0 Å². The van der Waals surface area contributed by atoms with E-state index in [0.29, 0.717) is 11.5 Å². The zero-order chi connectivity index (χ0) is 19.9. The van der Waals surface area contributed by atoms with Crippen molar-refractivity contribution in [3.05, 3.63) is 59.7 Å². The fourth-order valence-corrected chi connectivity index (χ4v) is 3.22. The molecular weight excluding hydrogens is 368 g/mol. The Kier molecular flexibility index (Phi) is 7.20. The average molecular weight is 392 g/mol. The molecule has 0 heterocycles. The van der Waals surface area contributed by atoms with Crippen LogP contribution >= 0.6 is 0 Å². The van der Waals surface area contributed by atoms with Gasteiger partial charge in [0.05, 0.1) is 27.0 Å². The summed E-state index contributed by atoms with van der Waals surface area (Å²) < 4.78 is 35.6. The highest BCUT2D eigenvalue weighted by molar-refractivity contribution is 7.88. The van der Waals surface area contributed by atoms with Crippen molar-refractivity contribution in [2.24, 2.45) is 0 Å². The smallest absolute Gasteiger partial charge is 0.235 e. The maximum atomic E-state index is 12.3.